The fraction of sp³-hybridized carbons (Fsp3) is 0.562. The molecule has 0 aliphatic heterocycles. The lowest BCUT2D eigenvalue weighted by Crippen LogP contribution is -2.39. The van der Waals surface area contributed by atoms with Gasteiger partial charge in [-0.1, -0.05) is 11.6 Å². The van der Waals surface area contributed by atoms with Crippen LogP contribution < -0.4 is 9.46 Å². The summed E-state index contributed by atoms with van der Waals surface area (Å²) >= 11 is 5.99. The number of nitrogens with zero attached hydrogens (tertiary/aromatic N) is 1. The molecule has 2 rings (SSSR count). The molecule has 1 aliphatic carbocycles. The zero-order valence-corrected chi connectivity index (χ0v) is 16.6. The number of hydrogen-bond donors (Lipinski definition) is 1. The van der Waals surface area contributed by atoms with Crippen LogP contribution in [-0.4, -0.2) is 45.0 Å². The first-order valence-corrected chi connectivity index (χ1v) is 10.1. The SMILES string of the molecule is CN(C)S(=O)(=O)NC(=O)c1cc(Cl)c(O[C@H]2CC[C@@H](C(F)(F)F)CC2)cc1F. The van der Waals surface area contributed by atoms with Crippen LogP contribution in [-0.2, 0) is 10.2 Å². The monoisotopic (exact) mass is 446 g/mol. The van der Waals surface area contributed by atoms with Crippen LogP contribution in [0, 0.1) is 11.7 Å². The summed E-state index contributed by atoms with van der Waals surface area (Å²) in [6.45, 7) is 0. The van der Waals surface area contributed by atoms with Crippen LogP contribution >= 0.6 is 11.6 Å². The molecule has 0 saturated heterocycles. The Kier molecular flexibility index (Phi) is 6.82. The van der Waals surface area contributed by atoms with Gasteiger partial charge in [0, 0.05) is 20.2 Å². The Morgan fingerprint density at radius 1 is 1.21 bits per heavy atom. The first kappa shape index (κ1) is 22.7. The maximum atomic E-state index is 14.3. The highest BCUT2D eigenvalue weighted by Crippen LogP contribution is 2.39. The van der Waals surface area contributed by atoms with Gasteiger partial charge in [0.1, 0.15) is 11.6 Å². The van der Waals surface area contributed by atoms with Crippen LogP contribution in [0.25, 0.3) is 0 Å². The minimum Gasteiger partial charge on any atom is -0.489 e. The summed E-state index contributed by atoms with van der Waals surface area (Å²) in [5, 5.41) is -0.160. The van der Waals surface area contributed by atoms with Crippen molar-refractivity contribution in [3.63, 3.8) is 0 Å². The molecule has 1 N–H and O–H groups in total. The van der Waals surface area contributed by atoms with Gasteiger partial charge in [-0.05, 0) is 31.7 Å². The highest BCUT2D eigenvalue weighted by atomic mass is 35.5. The van der Waals surface area contributed by atoms with E-state index in [0.29, 0.717) is 0 Å². The highest BCUT2D eigenvalue weighted by molar-refractivity contribution is 7.87. The van der Waals surface area contributed by atoms with E-state index in [1.54, 1.807) is 4.72 Å². The predicted octanol–water partition coefficient (Wildman–Crippen LogP) is 3.52. The van der Waals surface area contributed by atoms with Gasteiger partial charge < -0.3 is 4.74 Å². The topological polar surface area (TPSA) is 75.7 Å². The predicted molar refractivity (Wildman–Crippen MR) is 93.9 cm³/mol. The van der Waals surface area contributed by atoms with E-state index in [4.69, 9.17) is 16.3 Å². The molecule has 0 radical (unpaired) electrons. The largest absolute Gasteiger partial charge is 0.489 e. The molecular formula is C16H19ClF4N2O4S. The Bertz CT molecular complexity index is 838. The molecule has 1 saturated carbocycles. The van der Waals surface area contributed by atoms with Crippen molar-refractivity contribution < 1.29 is 35.5 Å². The molecule has 158 valence electrons. The van der Waals surface area contributed by atoms with E-state index in [1.165, 1.54) is 14.1 Å². The third kappa shape index (κ3) is 5.48. The third-order valence-corrected chi connectivity index (χ3v) is 6.10. The molecule has 1 amide bonds. The number of alkyl halides is 3. The maximum absolute atomic E-state index is 14.3. The molecule has 0 heterocycles. The van der Waals surface area contributed by atoms with E-state index in [9.17, 15) is 30.8 Å². The van der Waals surface area contributed by atoms with Crippen molar-refractivity contribution in [2.24, 2.45) is 5.92 Å². The van der Waals surface area contributed by atoms with Gasteiger partial charge >= 0.3 is 16.4 Å². The Morgan fingerprint density at radius 3 is 2.29 bits per heavy atom. The van der Waals surface area contributed by atoms with Gasteiger partial charge in [0.2, 0.25) is 0 Å². The third-order valence-electron chi connectivity index (χ3n) is 4.40. The number of rotatable bonds is 5. The zero-order valence-electron chi connectivity index (χ0n) is 15.0. The fourth-order valence-electron chi connectivity index (χ4n) is 2.74. The van der Waals surface area contributed by atoms with Crippen molar-refractivity contribution in [2.45, 2.75) is 38.0 Å². The number of carbonyl (C=O) groups excluding carboxylic acids is 1. The Morgan fingerprint density at radius 2 is 1.79 bits per heavy atom. The number of carbonyl (C=O) groups is 1. The summed E-state index contributed by atoms with van der Waals surface area (Å²) < 4.78 is 83.6. The summed E-state index contributed by atoms with van der Waals surface area (Å²) in [6.07, 6.45) is -4.76. The smallest absolute Gasteiger partial charge is 0.391 e. The summed E-state index contributed by atoms with van der Waals surface area (Å²) in [7, 11) is -1.76. The van der Waals surface area contributed by atoms with Crippen molar-refractivity contribution in [1.29, 1.82) is 0 Å². The van der Waals surface area contributed by atoms with E-state index in [0.717, 1.165) is 16.4 Å². The van der Waals surface area contributed by atoms with E-state index in [-0.39, 0.29) is 36.5 Å². The van der Waals surface area contributed by atoms with Crippen LogP contribution in [0.15, 0.2) is 12.1 Å². The van der Waals surface area contributed by atoms with E-state index in [1.807, 2.05) is 0 Å². The Balaban J connectivity index is 2.09. The Labute approximate surface area is 165 Å². The number of halogens is 5. The highest BCUT2D eigenvalue weighted by Gasteiger charge is 2.41. The quantitative estimate of drug-likeness (QED) is 0.702. The zero-order chi connectivity index (χ0) is 21.3. The summed E-state index contributed by atoms with van der Waals surface area (Å²) in [5.41, 5.74) is -0.608. The molecule has 1 fully saturated rings. The van der Waals surface area contributed by atoms with Gasteiger partial charge in [-0.3, -0.25) is 4.79 Å². The molecule has 0 spiro atoms. The maximum Gasteiger partial charge on any atom is 0.391 e. The van der Waals surface area contributed by atoms with Crippen LogP contribution in [0.3, 0.4) is 0 Å². The lowest BCUT2D eigenvalue weighted by Gasteiger charge is -2.30. The number of hydrogen-bond acceptors (Lipinski definition) is 4. The summed E-state index contributed by atoms with van der Waals surface area (Å²) in [6, 6.07) is 1.73. The van der Waals surface area contributed by atoms with Gasteiger partial charge in [0.05, 0.1) is 22.6 Å². The lowest BCUT2D eigenvalue weighted by molar-refractivity contribution is -0.185. The van der Waals surface area contributed by atoms with Gasteiger partial charge in [-0.2, -0.15) is 25.9 Å². The molecule has 1 aromatic rings. The van der Waals surface area contributed by atoms with Gasteiger partial charge in [-0.15, -0.1) is 0 Å². The second-order valence-electron chi connectivity index (χ2n) is 6.61. The van der Waals surface area contributed by atoms with Crippen molar-refractivity contribution in [3.05, 3.63) is 28.5 Å². The number of amides is 1. The van der Waals surface area contributed by atoms with Gasteiger partial charge in [-0.25, -0.2) is 9.11 Å². The molecule has 1 aromatic carbocycles. The number of ether oxygens (including phenoxy) is 1. The average molecular weight is 447 g/mol. The van der Waals surface area contributed by atoms with Crippen LogP contribution in [0.5, 0.6) is 5.75 Å². The molecule has 0 unspecified atom stereocenters. The minimum absolute atomic E-state index is 0.100. The summed E-state index contributed by atoms with van der Waals surface area (Å²) in [5.74, 6) is -3.80. The Hall–Kier alpha value is -1.59. The molecule has 28 heavy (non-hydrogen) atoms. The molecular weight excluding hydrogens is 428 g/mol. The molecule has 12 heteroatoms. The van der Waals surface area contributed by atoms with Crippen molar-refractivity contribution in [3.8, 4) is 5.75 Å². The number of benzene rings is 1. The van der Waals surface area contributed by atoms with Gasteiger partial charge in [0.15, 0.2) is 0 Å². The van der Waals surface area contributed by atoms with Crippen molar-refractivity contribution in [1.82, 2.24) is 9.03 Å². The fourth-order valence-corrected chi connectivity index (χ4v) is 3.48. The molecule has 0 bridgehead atoms. The molecule has 1 aliphatic rings. The number of nitrogens with one attached hydrogen (secondary N) is 1. The molecule has 0 aromatic heterocycles. The molecule has 6 nitrogen and oxygen atoms in total. The van der Waals surface area contributed by atoms with Gasteiger partial charge in [0.25, 0.3) is 5.91 Å². The normalized spacial score (nSPS) is 20.9. The second kappa shape index (κ2) is 8.42. The van der Waals surface area contributed by atoms with E-state index < -0.39 is 45.7 Å². The van der Waals surface area contributed by atoms with Crippen LogP contribution in [0.4, 0.5) is 17.6 Å². The first-order valence-electron chi connectivity index (χ1n) is 8.28. The van der Waals surface area contributed by atoms with Crippen molar-refractivity contribution >= 4 is 27.7 Å². The van der Waals surface area contributed by atoms with Crippen molar-refractivity contribution in [2.75, 3.05) is 14.1 Å². The minimum atomic E-state index is -4.25. The summed E-state index contributed by atoms with van der Waals surface area (Å²) in [4.78, 5) is 12.0. The lowest BCUT2D eigenvalue weighted by atomic mass is 9.87. The second-order valence-corrected chi connectivity index (χ2v) is 8.91. The molecule has 0 atom stereocenters. The standard InChI is InChI=1S/C16H19ClF4N2O4S/c1-23(2)28(25,26)22-15(24)11-7-12(17)14(8-13(11)18)27-10-5-3-9(4-6-10)16(19,20)21/h7-10H,3-6H2,1-2H3,(H,22,24)/t9-,10+. The van der Waals surface area contributed by atoms with Crippen LogP contribution in [0.1, 0.15) is 36.0 Å². The average Bonchev–Trinajstić information content (AvgIpc) is 2.57. The van der Waals surface area contributed by atoms with Crippen LogP contribution in [0.2, 0.25) is 5.02 Å². The van der Waals surface area contributed by atoms with E-state index >= 15 is 0 Å². The van der Waals surface area contributed by atoms with E-state index in [2.05, 4.69) is 0 Å². The first-order chi connectivity index (χ1) is 12.8.